The van der Waals surface area contributed by atoms with E-state index in [0.29, 0.717) is 28.0 Å². The Labute approximate surface area is 199 Å². The summed E-state index contributed by atoms with van der Waals surface area (Å²) in [6, 6.07) is 21.3. The van der Waals surface area contributed by atoms with Crippen LogP contribution in [-0.2, 0) is 0 Å². The number of nitrogens with zero attached hydrogens (tertiary/aromatic N) is 1. The number of benzene rings is 3. The number of rotatable bonds is 6. The van der Waals surface area contributed by atoms with Crippen LogP contribution in [0.4, 0.5) is 5.69 Å². The summed E-state index contributed by atoms with van der Waals surface area (Å²) in [7, 11) is 1.72. The number of para-hydroxylation sites is 1. The minimum absolute atomic E-state index is 0.0178. The van der Waals surface area contributed by atoms with Gasteiger partial charge in [-0.3, -0.25) is 4.79 Å². The fourth-order valence-electron chi connectivity index (χ4n) is 4.21. The van der Waals surface area contributed by atoms with Crippen molar-refractivity contribution in [2.75, 3.05) is 12.4 Å². The van der Waals surface area contributed by atoms with E-state index in [1.54, 1.807) is 13.2 Å². The normalized spacial score (nSPS) is 12.6. The second-order valence-corrected chi connectivity index (χ2v) is 8.64. The molecule has 4 aromatic rings. The van der Waals surface area contributed by atoms with Crippen LogP contribution in [0.15, 0.2) is 82.1 Å². The van der Waals surface area contributed by atoms with E-state index >= 15 is 0 Å². The Morgan fingerprint density at radius 1 is 1.06 bits per heavy atom. The molecule has 1 aromatic heterocycles. The van der Waals surface area contributed by atoms with Gasteiger partial charge in [-0.25, -0.2) is 5.84 Å². The van der Waals surface area contributed by atoms with Crippen LogP contribution in [0.3, 0.4) is 0 Å². The van der Waals surface area contributed by atoms with E-state index < -0.39 is 0 Å². The molecule has 174 valence electrons. The summed E-state index contributed by atoms with van der Waals surface area (Å²) >= 11 is 0. The number of nitrogens with two attached hydrogens (primary N) is 2. The lowest BCUT2D eigenvalue weighted by molar-refractivity contribution is 0.486. The van der Waals surface area contributed by atoms with Crippen LogP contribution in [-0.4, -0.2) is 12.1 Å². The first-order valence-electron chi connectivity index (χ1n) is 11.2. The lowest BCUT2D eigenvalue weighted by Gasteiger charge is -2.21. The van der Waals surface area contributed by atoms with E-state index in [2.05, 4.69) is 11.4 Å². The third-order valence-electron chi connectivity index (χ3n) is 5.85. The molecular weight excluding hydrogens is 424 g/mol. The molecule has 0 fully saturated rings. The van der Waals surface area contributed by atoms with E-state index in [-0.39, 0.29) is 11.5 Å². The number of hydrogen-bond acceptors (Lipinski definition) is 6. The highest BCUT2D eigenvalue weighted by molar-refractivity contribution is 5.85. The predicted octanol–water partition coefficient (Wildman–Crippen LogP) is 5.31. The van der Waals surface area contributed by atoms with Gasteiger partial charge in [-0.1, -0.05) is 54.6 Å². The minimum atomic E-state index is -0.165. The van der Waals surface area contributed by atoms with Crippen LogP contribution < -0.4 is 22.3 Å². The van der Waals surface area contributed by atoms with Crippen LogP contribution in [0, 0.1) is 13.8 Å². The van der Waals surface area contributed by atoms with Gasteiger partial charge >= 0.3 is 0 Å². The van der Waals surface area contributed by atoms with Gasteiger partial charge in [-0.15, -0.1) is 0 Å². The summed E-state index contributed by atoms with van der Waals surface area (Å²) in [5.74, 6) is 6.35. The highest BCUT2D eigenvalue weighted by Gasteiger charge is 2.19. The first-order valence-corrected chi connectivity index (χ1v) is 11.2. The van der Waals surface area contributed by atoms with Crippen molar-refractivity contribution in [3.63, 3.8) is 0 Å². The Morgan fingerprint density at radius 2 is 1.74 bits per heavy atom. The molecule has 3 aromatic carbocycles. The SMILES string of the molecule is Cc1cc(C(C)Nc2ccccc2/C(N)=C/N(C)N)c2oc(-c3ccccc3)c(C)c(=O)c2c1. The first kappa shape index (κ1) is 23.1. The molecule has 1 heterocycles. The van der Waals surface area contributed by atoms with Gasteiger partial charge in [0.2, 0.25) is 0 Å². The fourth-order valence-corrected chi connectivity index (χ4v) is 4.21. The van der Waals surface area contributed by atoms with Crippen molar-refractivity contribution in [2.45, 2.75) is 26.8 Å². The Hall–Kier alpha value is -4.03. The quantitative estimate of drug-likeness (QED) is 0.270. The molecule has 0 spiro atoms. The fraction of sp³-hybridized carbons (Fsp3) is 0.179. The number of hydrogen-bond donors (Lipinski definition) is 3. The second-order valence-electron chi connectivity index (χ2n) is 8.64. The molecule has 0 aliphatic carbocycles. The summed E-state index contributed by atoms with van der Waals surface area (Å²) < 4.78 is 6.44. The molecule has 4 rings (SSSR count). The number of hydrazine groups is 1. The Balaban J connectivity index is 1.84. The third-order valence-corrected chi connectivity index (χ3v) is 5.85. The number of anilines is 1. The molecule has 0 bridgehead atoms. The average molecular weight is 455 g/mol. The predicted molar refractivity (Wildman–Crippen MR) is 140 cm³/mol. The van der Waals surface area contributed by atoms with E-state index in [1.807, 2.05) is 81.4 Å². The van der Waals surface area contributed by atoms with Crippen molar-refractivity contribution in [1.82, 2.24) is 5.01 Å². The Bertz CT molecular complexity index is 1420. The van der Waals surface area contributed by atoms with Gasteiger partial charge in [-0.05, 0) is 38.5 Å². The van der Waals surface area contributed by atoms with Gasteiger partial charge in [0.15, 0.2) is 5.43 Å². The number of aryl methyl sites for hydroxylation is 1. The van der Waals surface area contributed by atoms with Crippen molar-refractivity contribution in [1.29, 1.82) is 0 Å². The molecule has 0 saturated heterocycles. The molecule has 0 saturated carbocycles. The van der Waals surface area contributed by atoms with Crippen molar-refractivity contribution in [2.24, 2.45) is 11.6 Å². The first-order chi connectivity index (χ1) is 16.3. The van der Waals surface area contributed by atoms with Crippen LogP contribution >= 0.6 is 0 Å². The van der Waals surface area contributed by atoms with E-state index in [4.69, 9.17) is 16.0 Å². The standard InChI is InChI=1S/C28H30N4O2/c1-17-14-22(19(3)31-25-13-9-8-12-21(25)24(29)16-32(4)30)28-23(15-17)26(33)18(2)27(34-28)20-10-6-5-7-11-20/h5-16,19,31H,29-30H2,1-4H3/b24-16-. The van der Waals surface area contributed by atoms with Crippen LogP contribution in [0.5, 0.6) is 0 Å². The van der Waals surface area contributed by atoms with Gasteiger partial charge in [0, 0.05) is 41.2 Å². The lowest BCUT2D eigenvalue weighted by Crippen LogP contribution is -2.21. The molecule has 0 aliphatic rings. The smallest absolute Gasteiger partial charge is 0.196 e. The topological polar surface area (TPSA) is 97.5 Å². The molecule has 5 N–H and O–H groups in total. The molecule has 1 atom stereocenters. The highest BCUT2D eigenvalue weighted by Crippen LogP contribution is 2.33. The van der Waals surface area contributed by atoms with Crippen molar-refractivity contribution in [3.05, 3.63) is 105 Å². The maximum absolute atomic E-state index is 13.3. The zero-order valence-corrected chi connectivity index (χ0v) is 19.9. The van der Waals surface area contributed by atoms with Gasteiger partial charge in [0.05, 0.1) is 17.1 Å². The maximum Gasteiger partial charge on any atom is 0.196 e. The largest absolute Gasteiger partial charge is 0.455 e. The maximum atomic E-state index is 13.3. The summed E-state index contributed by atoms with van der Waals surface area (Å²) in [5, 5.41) is 5.56. The van der Waals surface area contributed by atoms with Gasteiger partial charge < -0.3 is 20.5 Å². The van der Waals surface area contributed by atoms with Crippen molar-refractivity contribution < 1.29 is 4.42 Å². The van der Waals surface area contributed by atoms with Crippen LogP contribution in [0.2, 0.25) is 0 Å². The average Bonchev–Trinajstić information content (AvgIpc) is 2.81. The summed E-state index contributed by atoms with van der Waals surface area (Å²) in [5.41, 5.74) is 12.5. The molecular formula is C28H30N4O2. The van der Waals surface area contributed by atoms with E-state index in [1.165, 1.54) is 5.01 Å². The molecule has 34 heavy (non-hydrogen) atoms. The molecule has 6 heteroatoms. The zero-order chi connectivity index (χ0) is 24.4. The van der Waals surface area contributed by atoms with Crippen molar-refractivity contribution >= 4 is 22.4 Å². The third kappa shape index (κ3) is 4.54. The van der Waals surface area contributed by atoms with Crippen molar-refractivity contribution in [3.8, 4) is 11.3 Å². The van der Waals surface area contributed by atoms with E-state index in [9.17, 15) is 4.79 Å². The number of fused-ring (bicyclic) bond motifs is 1. The monoisotopic (exact) mass is 454 g/mol. The highest BCUT2D eigenvalue weighted by atomic mass is 16.3. The zero-order valence-electron chi connectivity index (χ0n) is 19.9. The molecule has 0 aliphatic heterocycles. The summed E-state index contributed by atoms with van der Waals surface area (Å²) in [4.78, 5) is 13.3. The Morgan fingerprint density at radius 3 is 2.44 bits per heavy atom. The van der Waals surface area contributed by atoms with Gasteiger partial charge in [0.1, 0.15) is 11.3 Å². The lowest BCUT2D eigenvalue weighted by atomic mass is 9.98. The van der Waals surface area contributed by atoms with Crippen LogP contribution in [0.1, 0.15) is 35.2 Å². The number of nitrogens with one attached hydrogen (secondary N) is 1. The van der Waals surface area contributed by atoms with Gasteiger partial charge in [-0.2, -0.15) is 0 Å². The van der Waals surface area contributed by atoms with Crippen LogP contribution in [0.25, 0.3) is 28.0 Å². The molecule has 0 amide bonds. The Kier molecular flexibility index (Phi) is 6.43. The summed E-state index contributed by atoms with van der Waals surface area (Å²) in [6.07, 6.45) is 1.67. The summed E-state index contributed by atoms with van der Waals surface area (Å²) in [6.45, 7) is 5.85. The van der Waals surface area contributed by atoms with E-state index in [0.717, 1.165) is 27.9 Å². The molecule has 1 unspecified atom stereocenters. The molecule has 0 radical (unpaired) electrons. The molecule has 6 nitrogen and oxygen atoms in total. The van der Waals surface area contributed by atoms with Gasteiger partial charge in [0.25, 0.3) is 0 Å². The minimum Gasteiger partial charge on any atom is -0.455 e. The second kappa shape index (κ2) is 9.45.